The molecule has 0 spiro atoms. The first-order chi connectivity index (χ1) is 6.21. The van der Waals surface area contributed by atoms with Crippen molar-refractivity contribution in [3.63, 3.8) is 0 Å². The van der Waals surface area contributed by atoms with Gasteiger partial charge in [-0.3, -0.25) is 0 Å². The van der Waals surface area contributed by atoms with Gasteiger partial charge < -0.3 is 0 Å². The molecule has 2 heteroatoms. The molecular weight excluding hydrogens is 292 g/mol. The molecule has 0 aromatic carbocycles. The second-order valence-corrected chi connectivity index (χ2v) is 9.70. The molecular formula is C11H12Br2. The molecule has 0 heterocycles. The minimum Gasteiger partial charge on any atom is -0.0721 e. The van der Waals surface area contributed by atoms with Gasteiger partial charge in [-0.2, -0.15) is 0 Å². The van der Waals surface area contributed by atoms with Crippen LogP contribution < -0.4 is 0 Å². The zero-order valence-corrected chi connectivity index (χ0v) is 10.5. The molecule has 8 atom stereocenters. The average molecular weight is 304 g/mol. The van der Waals surface area contributed by atoms with Gasteiger partial charge in [0, 0.05) is 0 Å². The van der Waals surface area contributed by atoms with Gasteiger partial charge in [0.2, 0.25) is 0 Å². The summed E-state index contributed by atoms with van der Waals surface area (Å²) in [6.07, 6.45) is 3.19. The lowest BCUT2D eigenvalue weighted by Crippen LogP contribution is -2.30. The van der Waals surface area contributed by atoms with Crippen LogP contribution in [0.25, 0.3) is 0 Å². The standard InChI is InChI=1S/C11H12Br2/c12-11(13)9-5-1-3-4-2-6(7(3)9)10(11)8(4)5/h3-10H,1-2H2. The van der Waals surface area contributed by atoms with Crippen molar-refractivity contribution in [3.05, 3.63) is 0 Å². The van der Waals surface area contributed by atoms with Crippen LogP contribution in [-0.4, -0.2) is 3.23 Å². The van der Waals surface area contributed by atoms with Crippen LogP contribution in [0.2, 0.25) is 0 Å². The first-order valence-electron chi connectivity index (χ1n) is 5.59. The Balaban J connectivity index is 1.88. The predicted octanol–water partition coefficient (Wildman–Crippen LogP) is 3.25. The summed E-state index contributed by atoms with van der Waals surface area (Å²) >= 11 is 8.01. The predicted molar refractivity (Wildman–Crippen MR) is 57.7 cm³/mol. The summed E-state index contributed by atoms with van der Waals surface area (Å²) in [5.74, 6) is 8.83. The van der Waals surface area contributed by atoms with E-state index >= 15 is 0 Å². The van der Waals surface area contributed by atoms with Gasteiger partial charge in [0.15, 0.2) is 0 Å². The van der Waals surface area contributed by atoms with Crippen LogP contribution in [0.15, 0.2) is 0 Å². The molecule has 0 nitrogen and oxygen atoms in total. The maximum atomic E-state index is 4.01. The highest BCUT2D eigenvalue weighted by Gasteiger charge is 2.83. The SMILES string of the molecule is BrC1(Br)C2C3CC4C5CC(C42)C1C53. The molecule has 0 amide bonds. The Kier molecular flexibility index (Phi) is 0.954. The van der Waals surface area contributed by atoms with E-state index in [1.165, 1.54) is 11.8 Å². The zero-order chi connectivity index (χ0) is 8.53. The topological polar surface area (TPSA) is 0 Å². The normalized spacial score (nSPS) is 78.0. The van der Waals surface area contributed by atoms with Crippen LogP contribution in [-0.2, 0) is 0 Å². The lowest BCUT2D eigenvalue weighted by Gasteiger charge is -2.33. The van der Waals surface area contributed by atoms with Crippen molar-refractivity contribution in [2.75, 3.05) is 0 Å². The Labute approximate surface area is 95.1 Å². The summed E-state index contributed by atoms with van der Waals surface area (Å²) in [5.41, 5.74) is 0. The van der Waals surface area contributed by atoms with Crippen LogP contribution in [0.5, 0.6) is 0 Å². The minimum absolute atomic E-state index is 0.380. The molecule has 13 heavy (non-hydrogen) atoms. The van der Waals surface area contributed by atoms with Crippen molar-refractivity contribution in [2.24, 2.45) is 47.3 Å². The Hall–Kier alpha value is 0.960. The van der Waals surface area contributed by atoms with Crippen LogP contribution in [0, 0.1) is 47.3 Å². The highest BCUT2D eigenvalue weighted by molar-refractivity contribution is 9.25. The number of alkyl halides is 2. The van der Waals surface area contributed by atoms with Crippen LogP contribution in [0.1, 0.15) is 12.8 Å². The Morgan fingerprint density at radius 3 is 1.69 bits per heavy atom. The van der Waals surface area contributed by atoms with E-state index < -0.39 is 0 Å². The molecule has 6 fully saturated rings. The van der Waals surface area contributed by atoms with E-state index in [1.54, 1.807) is 12.8 Å². The molecule has 6 aliphatic carbocycles. The Bertz CT molecular complexity index is 294. The molecule has 6 aliphatic rings. The van der Waals surface area contributed by atoms with Gasteiger partial charge in [0.25, 0.3) is 0 Å². The van der Waals surface area contributed by atoms with Gasteiger partial charge in [-0.1, -0.05) is 31.9 Å². The van der Waals surface area contributed by atoms with Gasteiger partial charge in [-0.15, -0.1) is 0 Å². The fraction of sp³-hybridized carbons (Fsp3) is 1.00. The summed E-state index contributed by atoms with van der Waals surface area (Å²) in [5, 5.41) is 0. The molecule has 0 radical (unpaired) electrons. The Morgan fingerprint density at radius 1 is 0.769 bits per heavy atom. The quantitative estimate of drug-likeness (QED) is 0.603. The summed E-state index contributed by atoms with van der Waals surface area (Å²) in [6.45, 7) is 0. The number of halogens is 2. The number of hydrogen-bond acceptors (Lipinski definition) is 0. The molecule has 6 rings (SSSR count). The highest BCUT2D eigenvalue weighted by Crippen LogP contribution is 2.87. The van der Waals surface area contributed by atoms with E-state index in [1.807, 2.05) is 0 Å². The molecule has 0 aromatic heterocycles. The third kappa shape index (κ3) is 0.480. The van der Waals surface area contributed by atoms with Crippen molar-refractivity contribution >= 4 is 31.9 Å². The van der Waals surface area contributed by atoms with E-state index in [2.05, 4.69) is 31.9 Å². The third-order valence-corrected chi connectivity index (χ3v) is 8.37. The van der Waals surface area contributed by atoms with E-state index in [0.717, 1.165) is 35.5 Å². The first kappa shape index (κ1) is 7.27. The first-order valence-corrected chi connectivity index (χ1v) is 7.17. The average Bonchev–Trinajstić information content (AvgIpc) is 2.71. The van der Waals surface area contributed by atoms with Crippen molar-refractivity contribution < 1.29 is 0 Å². The summed E-state index contributed by atoms with van der Waals surface area (Å²) in [7, 11) is 0. The van der Waals surface area contributed by atoms with Gasteiger partial charge in [-0.25, -0.2) is 0 Å². The van der Waals surface area contributed by atoms with Crippen molar-refractivity contribution in [1.29, 1.82) is 0 Å². The van der Waals surface area contributed by atoms with Crippen LogP contribution in [0.3, 0.4) is 0 Å². The smallest absolute Gasteiger partial charge is 0.0721 e. The van der Waals surface area contributed by atoms with Crippen molar-refractivity contribution in [3.8, 4) is 0 Å². The van der Waals surface area contributed by atoms with Crippen molar-refractivity contribution in [1.82, 2.24) is 0 Å². The molecule has 0 saturated heterocycles. The molecule has 70 valence electrons. The third-order valence-electron chi connectivity index (χ3n) is 6.26. The van der Waals surface area contributed by atoms with E-state index in [-0.39, 0.29) is 0 Å². The summed E-state index contributed by atoms with van der Waals surface area (Å²) < 4.78 is 0.380. The fourth-order valence-electron chi connectivity index (χ4n) is 6.53. The lowest BCUT2D eigenvalue weighted by molar-refractivity contribution is 0.132. The minimum atomic E-state index is 0.380. The highest BCUT2D eigenvalue weighted by atomic mass is 79.9. The number of rotatable bonds is 0. The van der Waals surface area contributed by atoms with Crippen molar-refractivity contribution in [2.45, 2.75) is 16.1 Å². The van der Waals surface area contributed by atoms with E-state index in [9.17, 15) is 0 Å². The Morgan fingerprint density at radius 2 is 1.23 bits per heavy atom. The largest absolute Gasteiger partial charge is 0.0872 e. The van der Waals surface area contributed by atoms with Crippen LogP contribution >= 0.6 is 31.9 Å². The fourth-order valence-corrected chi connectivity index (χ4v) is 9.11. The summed E-state index contributed by atoms with van der Waals surface area (Å²) in [6, 6.07) is 0. The molecule has 6 bridgehead atoms. The molecule has 6 saturated carbocycles. The molecule has 0 aromatic rings. The second-order valence-electron chi connectivity index (χ2n) is 6.01. The monoisotopic (exact) mass is 302 g/mol. The molecule has 0 aliphatic heterocycles. The van der Waals surface area contributed by atoms with E-state index in [0.29, 0.717) is 3.23 Å². The molecule has 8 unspecified atom stereocenters. The van der Waals surface area contributed by atoms with Gasteiger partial charge in [-0.05, 0) is 60.2 Å². The van der Waals surface area contributed by atoms with Gasteiger partial charge >= 0.3 is 0 Å². The lowest BCUT2D eigenvalue weighted by atomic mass is 9.71. The summed E-state index contributed by atoms with van der Waals surface area (Å²) in [4.78, 5) is 0. The van der Waals surface area contributed by atoms with E-state index in [4.69, 9.17) is 0 Å². The zero-order valence-electron chi connectivity index (χ0n) is 7.29. The number of hydrogen-bond donors (Lipinski definition) is 0. The maximum absolute atomic E-state index is 4.01. The second kappa shape index (κ2) is 1.71. The van der Waals surface area contributed by atoms with Gasteiger partial charge in [0.1, 0.15) is 0 Å². The molecule has 0 N–H and O–H groups in total. The van der Waals surface area contributed by atoms with Gasteiger partial charge in [0.05, 0.1) is 3.23 Å². The van der Waals surface area contributed by atoms with Crippen LogP contribution in [0.4, 0.5) is 0 Å². The maximum Gasteiger partial charge on any atom is 0.0872 e.